The summed E-state index contributed by atoms with van der Waals surface area (Å²) in [6.07, 6.45) is 2.29. The lowest BCUT2D eigenvalue weighted by atomic mass is 9.95. The smallest absolute Gasteiger partial charge is 0.106 e. The number of benzene rings is 1. The van der Waals surface area contributed by atoms with Crippen molar-refractivity contribution in [2.24, 2.45) is 11.7 Å². The topological polar surface area (TPSA) is 38.0 Å². The number of halogens is 1. The fraction of sp³-hybridized carbons (Fsp3) is 0.500. The van der Waals surface area contributed by atoms with Crippen molar-refractivity contribution < 1.29 is 0 Å². The minimum Gasteiger partial charge on any atom is -0.389 e. The standard InChI is InChI=1S/C14H21ClN2S/c1-4-10(5-2)9(3)17-13-8-11(15)6-7-12(13)14(16)18/h6-10,17H,4-5H2,1-3H3,(H2,16,18). The van der Waals surface area contributed by atoms with Crippen molar-refractivity contribution >= 4 is 34.5 Å². The van der Waals surface area contributed by atoms with Gasteiger partial charge in [-0.3, -0.25) is 0 Å². The van der Waals surface area contributed by atoms with Crippen LogP contribution in [0.3, 0.4) is 0 Å². The monoisotopic (exact) mass is 284 g/mol. The average molecular weight is 285 g/mol. The van der Waals surface area contributed by atoms with E-state index in [0.717, 1.165) is 24.1 Å². The summed E-state index contributed by atoms with van der Waals surface area (Å²) in [4.78, 5) is 0.394. The Hall–Kier alpha value is -0.800. The SMILES string of the molecule is CCC(CC)C(C)Nc1cc(Cl)ccc1C(N)=S. The van der Waals surface area contributed by atoms with Crippen molar-refractivity contribution in [3.05, 3.63) is 28.8 Å². The summed E-state index contributed by atoms with van der Waals surface area (Å²) in [5.74, 6) is 0.628. The summed E-state index contributed by atoms with van der Waals surface area (Å²) >= 11 is 11.1. The lowest BCUT2D eigenvalue weighted by molar-refractivity contribution is 0.438. The molecule has 2 nitrogen and oxygen atoms in total. The van der Waals surface area contributed by atoms with Crippen molar-refractivity contribution in [3.63, 3.8) is 0 Å². The Morgan fingerprint density at radius 2 is 2.00 bits per heavy atom. The van der Waals surface area contributed by atoms with Crippen LogP contribution in [-0.2, 0) is 0 Å². The molecule has 0 spiro atoms. The Kier molecular flexibility index (Phi) is 5.89. The van der Waals surface area contributed by atoms with Gasteiger partial charge in [0.05, 0.1) is 0 Å². The normalized spacial score (nSPS) is 12.5. The first-order valence-electron chi connectivity index (χ1n) is 6.35. The van der Waals surface area contributed by atoms with Gasteiger partial charge >= 0.3 is 0 Å². The largest absolute Gasteiger partial charge is 0.389 e. The van der Waals surface area contributed by atoms with Crippen LogP contribution in [-0.4, -0.2) is 11.0 Å². The van der Waals surface area contributed by atoms with Gasteiger partial charge in [0.2, 0.25) is 0 Å². The highest BCUT2D eigenvalue weighted by Crippen LogP contribution is 2.24. The number of hydrogen-bond acceptors (Lipinski definition) is 2. The predicted octanol–water partition coefficient (Wildman–Crippen LogP) is 4.21. The molecule has 1 atom stereocenters. The number of nitrogens with two attached hydrogens (primary N) is 1. The predicted molar refractivity (Wildman–Crippen MR) is 84.5 cm³/mol. The van der Waals surface area contributed by atoms with Crippen LogP contribution in [0.5, 0.6) is 0 Å². The fourth-order valence-corrected chi connectivity index (χ4v) is 2.56. The van der Waals surface area contributed by atoms with Gasteiger partial charge < -0.3 is 11.1 Å². The first-order valence-corrected chi connectivity index (χ1v) is 7.14. The summed E-state index contributed by atoms with van der Waals surface area (Å²) < 4.78 is 0. The molecule has 3 N–H and O–H groups in total. The van der Waals surface area contributed by atoms with Crippen LogP contribution < -0.4 is 11.1 Å². The molecule has 0 radical (unpaired) electrons. The quantitative estimate of drug-likeness (QED) is 0.769. The van der Waals surface area contributed by atoms with E-state index in [1.807, 2.05) is 18.2 Å². The number of nitrogens with one attached hydrogen (secondary N) is 1. The zero-order chi connectivity index (χ0) is 13.7. The molecule has 0 aliphatic rings. The van der Waals surface area contributed by atoms with Crippen LogP contribution >= 0.6 is 23.8 Å². The first kappa shape index (κ1) is 15.3. The third-order valence-corrected chi connectivity index (χ3v) is 3.84. The molecule has 18 heavy (non-hydrogen) atoms. The Morgan fingerprint density at radius 3 is 2.50 bits per heavy atom. The molecule has 1 rings (SSSR count). The molecule has 0 bridgehead atoms. The second kappa shape index (κ2) is 6.95. The van der Waals surface area contributed by atoms with Gasteiger partial charge in [-0.05, 0) is 31.0 Å². The molecule has 0 amide bonds. The van der Waals surface area contributed by atoms with E-state index in [1.165, 1.54) is 0 Å². The molecule has 0 saturated heterocycles. The lowest BCUT2D eigenvalue weighted by Crippen LogP contribution is -2.26. The molecular formula is C14H21ClN2S. The second-order valence-electron chi connectivity index (χ2n) is 4.56. The maximum absolute atomic E-state index is 6.03. The number of anilines is 1. The molecule has 1 aromatic rings. The molecule has 4 heteroatoms. The van der Waals surface area contributed by atoms with Crippen LogP contribution in [0.1, 0.15) is 39.2 Å². The molecular weight excluding hydrogens is 264 g/mol. The van der Waals surface area contributed by atoms with E-state index in [2.05, 4.69) is 26.1 Å². The van der Waals surface area contributed by atoms with E-state index < -0.39 is 0 Å². The molecule has 0 saturated carbocycles. The number of hydrogen-bond donors (Lipinski definition) is 2. The van der Waals surface area contributed by atoms with Crippen molar-refractivity contribution in [1.29, 1.82) is 0 Å². The van der Waals surface area contributed by atoms with Crippen LogP contribution in [0.25, 0.3) is 0 Å². The Bertz CT molecular complexity index is 416. The Labute approximate surface area is 120 Å². The molecule has 1 unspecified atom stereocenters. The Balaban J connectivity index is 2.95. The van der Waals surface area contributed by atoms with Crippen LogP contribution in [0.4, 0.5) is 5.69 Å². The zero-order valence-corrected chi connectivity index (χ0v) is 12.7. The maximum Gasteiger partial charge on any atom is 0.106 e. The molecule has 0 heterocycles. The number of thiocarbonyl (C=S) groups is 1. The van der Waals surface area contributed by atoms with Gasteiger partial charge in [0.25, 0.3) is 0 Å². The maximum atomic E-state index is 6.03. The van der Waals surface area contributed by atoms with Crippen molar-refractivity contribution in [2.75, 3.05) is 5.32 Å². The summed E-state index contributed by atoms with van der Waals surface area (Å²) in [6.45, 7) is 6.60. The van der Waals surface area contributed by atoms with E-state index in [4.69, 9.17) is 29.6 Å². The van der Waals surface area contributed by atoms with E-state index >= 15 is 0 Å². The highest BCUT2D eigenvalue weighted by atomic mass is 35.5. The van der Waals surface area contributed by atoms with Gasteiger partial charge in [-0.2, -0.15) is 0 Å². The van der Waals surface area contributed by atoms with Gasteiger partial charge in [-0.15, -0.1) is 0 Å². The first-order chi connectivity index (χ1) is 8.49. The van der Waals surface area contributed by atoms with Gasteiger partial charge in [0.1, 0.15) is 4.99 Å². The second-order valence-corrected chi connectivity index (χ2v) is 5.44. The van der Waals surface area contributed by atoms with Crippen molar-refractivity contribution in [2.45, 2.75) is 39.7 Å². The van der Waals surface area contributed by atoms with Crippen LogP contribution in [0.2, 0.25) is 5.02 Å². The summed E-state index contributed by atoms with van der Waals surface area (Å²) in [7, 11) is 0. The molecule has 0 aliphatic heterocycles. The minimum atomic E-state index is 0.367. The Morgan fingerprint density at radius 1 is 1.39 bits per heavy atom. The highest BCUT2D eigenvalue weighted by Gasteiger charge is 2.15. The molecule has 0 aliphatic carbocycles. The summed E-state index contributed by atoms with van der Waals surface area (Å²) in [5, 5.41) is 4.17. The molecule has 100 valence electrons. The van der Waals surface area contributed by atoms with Gasteiger partial charge in [-0.25, -0.2) is 0 Å². The zero-order valence-electron chi connectivity index (χ0n) is 11.2. The fourth-order valence-electron chi connectivity index (χ4n) is 2.21. The lowest BCUT2D eigenvalue weighted by Gasteiger charge is -2.25. The van der Waals surface area contributed by atoms with Gasteiger partial charge in [0.15, 0.2) is 0 Å². The van der Waals surface area contributed by atoms with Gasteiger partial charge in [-0.1, -0.05) is 50.5 Å². The van der Waals surface area contributed by atoms with Crippen LogP contribution in [0.15, 0.2) is 18.2 Å². The van der Waals surface area contributed by atoms with Crippen molar-refractivity contribution in [3.8, 4) is 0 Å². The summed E-state index contributed by atoms with van der Waals surface area (Å²) in [6, 6.07) is 5.93. The van der Waals surface area contributed by atoms with E-state index in [-0.39, 0.29) is 0 Å². The molecule has 1 aromatic carbocycles. The van der Waals surface area contributed by atoms with Gasteiger partial charge in [0, 0.05) is 22.3 Å². The van der Waals surface area contributed by atoms with Crippen LogP contribution in [0, 0.1) is 5.92 Å². The van der Waals surface area contributed by atoms with E-state index in [0.29, 0.717) is 22.0 Å². The van der Waals surface area contributed by atoms with E-state index in [9.17, 15) is 0 Å². The van der Waals surface area contributed by atoms with Crippen molar-refractivity contribution in [1.82, 2.24) is 0 Å². The van der Waals surface area contributed by atoms with E-state index in [1.54, 1.807) is 0 Å². The summed E-state index contributed by atoms with van der Waals surface area (Å²) in [5.41, 5.74) is 7.51. The molecule has 0 fully saturated rings. The highest BCUT2D eigenvalue weighted by molar-refractivity contribution is 7.80. The molecule has 0 aromatic heterocycles. The average Bonchev–Trinajstić information content (AvgIpc) is 2.30. The number of rotatable bonds is 6. The third kappa shape index (κ3) is 3.85. The minimum absolute atomic E-state index is 0.367. The third-order valence-electron chi connectivity index (χ3n) is 3.39.